The van der Waals surface area contributed by atoms with E-state index < -0.39 is 19.7 Å². The summed E-state index contributed by atoms with van der Waals surface area (Å²) < 4.78 is 24.1. The van der Waals surface area contributed by atoms with Gasteiger partial charge in [0.05, 0.1) is 12.8 Å². The Labute approximate surface area is 188 Å². The molecule has 0 fully saturated rings. The van der Waals surface area contributed by atoms with Crippen molar-refractivity contribution in [3.8, 4) is 0 Å². The van der Waals surface area contributed by atoms with Gasteiger partial charge in [0.15, 0.2) is 0 Å². The Morgan fingerprint density at radius 1 is 0.969 bits per heavy atom. The van der Waals surface area contributed by atoms with Crippen molar-refractivity contribution in [1.29, 1.82) is 0 Å². The summed E-state index contributed by atoms with van der Waals surface area (Å²) in [7, 11) is -4.06. The lowest BCUT2D eigenvalue weighted by molar-refractivity contribution is -0.140. The van der Waals surface area contributed by atoms with E-state index in [4.69, 9.17) is 14.5 Å². The molecule has 0 bridgehead atoms. The first-order chi connectivity index (χ1) is 14.8. The van der Waals surface area contributed by atoms with E-state index in [1.807, 2.05) is 30.3 Å². The second-order valence-corrected chi connectivity index (χ2v) is 7.88. The highest BCUT2D eigenvalue weighted by Gasteiger charge is 2.13. The highest BCUT2D eigenvalue weighted by atomic mass is 31.2. The zero-order chi connectivity index (χ0) is 25.2. The Kier molecular flexibility index (Phi) is 17.2. The number of hydrogen-bond donors (Lipinski definition) is 2. The minimum Gasteiger partial charge on any atom is -0.463 e. The molecular weight excluding hydrogens is 439 g/mol. The maximum absolute atomic E-state index is 11.0. The second kappa shape index (κ2) is 17.7. The van der Waals surface area contributed by atoms with E-state index in [0.29, 0.717) is 18.8 Å². The van der Waals surface area contributed by atoms with Gasteiger partial charge in [-0.2, -0.15) is 0 Å². The number of carbonyl (C=O) groups excluding carboxylic acids is 3. The zero-order valence-corrected chi connectivity index (χ0v) is 19.5. The first-order valence-electron chi connectivity index (χ1n) is 9.36. The summed E-state index contributed by atoms with van der Waals surface area (Å²) in [6, 6.07) is 9.55. The van der Waals surface area contributed by atoms with Crippen LogP contribution in [0.4, 0.5) is 0 Å². The molecule has 9 nitrogen and oxygen atoms in total. The quantitative estimate of drug-likeness (QED) is 0.241. The van der Waals surface area contributed by atoms with Crippen molar-refractivity contribution in [1.82, 2.24) is 0 Å². The number of hydrogen-bond acceptors (Lipinski definition) is 7. The molecule has 0 aliphatic rings. The summed E-state index contributed by atoms with van der Waals surface area (Å²) in [4.78, 5) is 48.5. The molecule has 0 radical (unpaired) electrons. The first kappa shape index (κ1) is 31.2. The van der Waals surface area contributed by atoms with E-state index in [0.717, 1.165) is 11.6 Å². The summed E-state index contributed by atoms with van der Waals surface area (Å²) in [5.74, 6) is -1.34. The number of esters is 3. The van der Waals surface area contributed by atoms with Crippen molar-refractivity contribution >= 4 is 25.5 Å². The van der Waals surface area contributed by atoms with Gasteiger partial charge in [0.1, 0.15) is 13.2 Å². The lowest BCUT2D eigenvalue weighted by Gasteiger charge is -2.04. The summed E-state index contributed by atoms with van der Waals surface area (Å²) in [6.45, 7) is 15.3. The standard InChI is InChI=1S/C11H12O2.C6H11O5P.C5H8O2/c1-9(2)11(12)13-8-10-6-4-3-5-7-10;1-5(2)6(7)11-3-4-12(8,9)10;1-3-5(6)7-4-2/h3-7H,1,8H2,2H3;1,3-4H2,2H3,(H2,8,9,10);3H,1,4H2,2H3. The first-order valence-corrected chi connectivity index (χ1v) is 11.2. The number of benzene rings is 1. The fourth-order valence-electron chi connectivity index (χ4n) is 1.43. The fourth-order valence-corrected chi connectivity index (χ4v) is 1.76. The van der Waals surface area contributed by atoms with Gasteiger partial charge in [0.25, 0.3) is 0 Å². The highest BCUT2D eigenvalue weighted by Crippen LogP contribution is 2.33. The van der Waals surface area contributed by atoms with Crippen molar-refractivity contribution in [2.24, 2.45) is 0 Å². The van der Waals surface area contributed by atoms with Gasteiger partial charge in [-0.15, -0.1) is 0 Å². The minimum atomic E-state index is -4.06. The molecule has 10 heteroatoms. The maximum Gasteiger partial charge on any atom is 0.333 e. The molecule has 2 N–H and O–H groups in total. The van der Waals surface area contributed by atoms with Crippen molar-refractivity contribution in [3.05, 3.63) is 72.9 Å². The third-order valence-corrected chi connectivity index (χ3v) is 3.74. The predicted molar refractivity (Wildman–Crippen MR) is 121 cm³/mol. The summed E-state index contributed by atoms with van der Waals surface area (Å²) in [5.41, 5.74) is 1.62. The van der Waals surface area contributed by atoms with Gasteiger partial charge in [-0.1, -0.05) is 50.1 Å². The van der Waals surface area contributed by atoms with Gasteiger partial charge in [-0.25, -0.2) is 14.4 Å². The van der Waals surface area contributed by atoms with Crippen molar-refractivity contribution in [2.45, 2.75) is 27.4 Å². The van der Waals surface area contributed by atoms with Crippen LogP contribution in [0.5, 0.6) is 0 Å². The molecule has 0 atom stereocenters. The predicted octanol–water partition coefficient (Wildman–Crippen LogP) is 3.32. The van der Waals surface area contributed by atoms with Crippen LogP contribution in [0.2, 0.25) is 0 Å². The Bertz CT molecular complexity index is 810. The van der Waals surface area contributed by atoms with Crippen molar-refractivity contribution < 1.29 is 42.9 Å². The van der Waals surface area contributed by atoms with Crippen LogP contribution in [0.1, 0.15) is 26.3 Å². The molecule has 0 unspecified atom stereocenters. The average Bonchev–Trinajstić information content (AvgIpc) is 2.72. The summed E-state index contributed by atoms with van der Waals surface area (Å²) >= 11 is 0. The van der Waals surface area contributed by atoms with Gasteiger partial charge in [0.2, 0.25) is 0 Å². The molecule has 0 aromatic heterocycles. The molecule has 32 heavy (non-hydrogen) atoms. The van der Waals surface area contributed by atoms with E-state index in [9.17, 15) is 18.9 Å². The van der Waals surface area contributed by atoms with Gasteiger partial charge in [-0.05, 0) is 26.3 Å². The molecule has 1 aromatic rings. The molecule has 0 aliphatic carbocycles. The summed E-state index contributed by atoms with van der Waals surface area (Å²) in [6.07, 6.45) is 0.690. The normalized spacial score (nSPS) is 9.53. The van der Waals surface area contributed by atoms with E-state index >= 15 is 0 Å². The van der Waals surface area contributed by atoms with E-state index in [2.05, 4.69) is 29.2 Å². The van der Waals surface area contributed by atoms with Crippen molar-refractivity contribution in [2.75, 3.05) is 19.4 Å². The van der Waals surface area contributed by atoms with Crippen LogP contribution in [0.15, 0.2) is 67.3 Å². The van der Waals surface area contributed by atoms with Gasteiger partial charge in [-0.3, -0.25) is 4.57 Å². The third kappa shape index (κ3) is 20.3. The molecule has 178 valence electrons. The maximum atomic E-state index is 11.0. The molecule has 0 saturated heterocycles. The lowest BCUT2D eigenvalue weighted by atomic mass is 10.2. The molecular formula is C22H31O9P. The van der Waals surface area contributed by atoms with E-state index in [1.165, 1.54) is 6.92 Å². The topological polar surface area (TPSA) is 136 Å². The molecule has 0 aliphatic heterocycles. The Balaban J connectivity index is 0. The fraction of sp³-hybridized carbons (Fsp3) is 0.318. The number of carbonyl (C=O) groups is 3. The van der Waals surface area contributed by atoms with Gasteiger partial charge < -0.3 is 24.0 Å². The Hall–Kier alpha value is -3.00. The van der Waals surface area contributed by atoms with Crippen LogP contribution < -0.4 is 0 Å². The van der Waals surface area contributed by atoms with Crippen LogP contribution in [-0.2, 0) is 39.8 Å². The van der Waals surface area contributed by atoms with Crippen LogP contribution in [0, 0.1) is 0 Å². The van der Waals surface area contributed by atoms with Crippen LogP contribution >= 0.6 is 7.60 Å². The number of rotatable bonds is 9. The monoisotopic (exact) mass is 470 g/mol. The van der Waals surface area contributed by atoms with E-state index in [-0.39, 0.29) is 24.1 Å². The van der Waals surface area contributed by atoms with Gasteiger partial charge in [0, 0.05) is 17.2 Å². The Morgan fingerprint density at radius 3 is 1.84 bits per heavy atom. The van der Waals surface area contributed by atoms with Gasteiger partial charge >= 0.3 is 25.5 Å². The van der Waals surface area contributed by atoms with Crippen LogP contribution in [0.25, 0.3) is 0 Å². The van der Waals surface area contributed by atoms with Crippen LogP contribution in [-0.4, -0.2) is 47.1 Å². The van der Waals surface area contributed by atoms with Crippen LogP contribution in [0.3, 0.4) is 0 Å². The number of ether oxygens (including phenoxy) is 3. The summed E-state index contributed by atoms with van der Waals surface area (Å²) in [5, 5.41) is 0. The average molecular weight is 470 g/mol. The molecule has 0 spiro atoms. The molecule has 1 aromatic carbocycles. The molecule has 1 rings (SSSR count). The largest absolute Gasteiger partial charge is 0.463 e. The SMILES string of the molecule is C=C(C)C(=O)OCCP(=O)(O)O.C=C(C)C(=O)OCc1ccccc1.C=CC(=O)OCC. The second-order valence-electron chi connectivity index (χ2n) is 6.10. The van der Waals surface area contributed by atoms with E-state index in [1.54, 1.807) is 13.8 Å². The Morgan fingerprint density at radius 2 is 1.47 bits per heavy atom. The molecule has 0 saturated carbocycles. The minimum absolute atomic E-state index is 0.209. The zero-order valence-electron chi connectivity index (χ0n) is 18.6. The lowest BCUT2D eigenvalue weighted by Crippen LogP contribution is -2.09. The van der Waals surface area contributed by atoms with Crippen molar-refractivity contribution in [3.63, 3.8) is 0 Å². The smallest absolute Gasteiger partial charge is 0.333 e. The highest BCUT2D eigenvalue weighted by molar-refractivity contribution is 7.51. The molecule has 0 amide bonds. The third-order valence-electron chi connectivity index (χ3n) is 2.98. The molecule has 0 heterocycles.